The molecule has 4 nitrogen and oxygen atoms in total. The normalized spacial score (nSPS) is 17.2. The number of nitrogens with one attached hydrogen (secondary N) is 1. The van der Waals surface area contributed by atoms with Crippen LogP contribution in [0.15, 0.2) is 28.8 Å². The molecule has 19 heavy (non-hydrogen) atoms. The molecule has 0 radical (unpaired) electrons. The number of aromatic nitrogens is 2. The Bertz CT molecular complexity index is 572. The zero-order chi connectivity index (χ0) is 13.3. The van der Waals surface area contributed by atoms with Gasteiger partial charge in [-0.05, 0) is 45.0 Å². The van der Waals surface area contributed by atoms with Crippen LogP contribution >= 0.6 is 0 Å². The van der Waals surface area contributed by atoms with Gasteiger partial charge in [0.05, 0.1) is 0 Å². The molecule has 100 valence electrons. The molecule has 0 amide bonds. The van der Waals surface area contributed by atoms with Crippen molar-refractivity contribution < 1.29 is 4.42 Å². The van der Waals surface area contributed by atoms with Gasteiger partial charge in [-0.15, -0.1) is 0 Å². The van der Waals surface area contributed by atoms with Gasteiger partial charge in [-0.2, -0.15) is 0 Å². The first-order chi connectivity index (χ1) is 9.23. The maximum absolute atomic E-state index is 5.64. The SMILES string of the molecule is CNCC1(c2nccc(-c3ccc(C)o3)n2)CCC1. The van der Waals surface area contributed by atoms with Gasteiger partial charge in [-0.25, -0.2) is 9.97 Å². The van der Waals surface area contributed by atoms with Crippen molar-refractivity contribution in [3.05, 3.63) is 36.0 Å². The maximum Gasteiger partial charge on any atom is 0.152 e. The van der Waals surface area contributed by atoms with Gasteiger partial charge in [0.25, 0.3) is 0 Å². The first-order valence-corrected chi connectivity index (χ1v) is 6.78. The molecule has 4 heteroatoms. The third-order valence-corrected chi connectivity index (χ3v) is 3.95. The quantitative estimate of drug-likeness (QED) is 0.915. The highest BCUT2D eigenvalue weighted by Gasteiger charge is 2.40. The standard InChI is InChI=1S/C15H19N3O/c1-11-4-5-13(19-11)12-6-9-17-14(18-12)15(10-16-2)7-3-8-15/h4-6,9,16H,3,7-8,10H2,1-2H3. The predicted octanol–water partition coefficient (Wildman–Crippen LogP) is 2.69. The van der Waals surface area contributed by atoms with Crippen molar-refractivity contribution >= 4 is 0 Å². The van der Waals surface area contributed by atoms with Crippen LogP contribution in [0.3, 0.4) is 0 Å². The second-order valence-corrected chi connectivity index (χ2v) is 5.34. The second-order valence-electron chi connectivity index (χ2n) is 5.34. The predicted molar refractivity (Wildman–Crippen MR) is 73.9 cm³/mol. The summed E-state index contributed by atoms with van der Waals surface area (Å²) in [4.78, 5) is 9.22. The molecule has 0 aliphatic heterocycles. The van der Waals surface area contributed by atoms with Crippen molar-refractivity contribution in [3.63, 3.8) is 0 Å². The summed E-state index contributed by atoms with van der Waals surface area (Å²) in [5.74, 6) is 2.67. The van der Waals surface area contributed by atoms with Crippen LogP contribution in [0.4, 0.5) is 0 Å². The Labute approximate surface area is 113 Å². The highest BCUT2D eigenvalue weighted by Crippen LogP contribution is 2.41. The minimum atomic E-state index is 0.117. The molecule has 0 spiro atoms. The summed E-state index contributed by atoms with van der Waals surface area (Å²) < 4.78 is 5.64. The number of likely N-dealkylation sites (N-methyl/N-ethyl adjacent to an activating group) is 1. The molecular formula is C15H19N3O. The highest BCUT2D eigenvalue weighted by atomic mass is 16.3. The second kappa shape index (κ2) is 4.78. The van der Waals surface area contributed by atoms with Gasteiger partial charge in [0.2, 0.25) is 0 Å². The molecule has 1 aliphatic rings. The molecule has 1 saturated carbocycles. The smallest absolute Gasteiger partial charge is 0.152 e. The lowest BCUT2D eigenvalue weighted by atomic mass is 9.68. The molecule has 2 aromatic heterocycles. The van der Waals surface area contributed by atoms with Gasteiger partial charge >= 0.3 is 0 Å². The van der Waals surface area contributed by atoms with E-state index in [1.807, 2.05) is 38.4 Å². The fraction of sp³-hybridized carbons (Fsp3) is 0.467. The van der Waals surface area contributed by atoms with Crippen LogP contribution in [0.2, 0.25) is 0 Å². The van der Waals surface area contributed by atoms with E-state index >= 15 is 0 Å². The van der Waals surface area contributed by atoms with E-state index in [2.05, 4.69) is 10.3 Å². The summed E-state index contributed by atoms with van der Waals surface area (Å²) >= 11 is 0. The molecule has 0 saturated heterocycles. The number of hydrogen-bond acceptors (Lipinski definition) is 4. The summed E-state index contributed by atoms with van der Waals surface area (Å²) in [7, 11) is 1.99. The summed E-state index contributed by atoms with van der Waals surface area (Å²) in [5.41, 5.74) is 0.993. The Morgan fingerprint density at radius 3 is 2.74 bits per heavy atom. The van der Waals surface area contributed by atoms with Crippen LogP contribution in [0.25, 0.3) is 11.5 Å². The Morgan fingerprint density at radius 2 is 2.16 bits per heavy atom. The van der Waals surface area contributed by atoms with Crippen molar-refractivity contribution in [2.75, 3.05) is 13.6 Å². The van der Waals surface area contributed by atoms with Crippen molar-refractivity contribution in [1.29, 1.82) is 0 Å². The number of rotatable bonds is 4. The Kier molecular flexibility index (Phi) is 3.11. The number of nitrogens with zero attached hydrogens (tertiary/aromatic N) is 2. The van der Waals surface area contributed by atoms with Gasteiger partial charge in [-0.3, -0.25) is 0 Å². The van der Waals surface area contributed by atoms with E-state index in [0.717, 1.165) is 42.4 Å². The average molecular weight is 257 g/mol. The topological polar surface area (TPSA) is 51.0 Å². The zero-order valence-corrected chi connectivity index (χ0v) is 11.4. The van der Waals surface area contributed by atoms with Gasteiger partial charge < -0.3 is 9.73 Å². The average Bonchev–Trinajstić information content (AvgIpc) is 2.81. The Morgan fingerprint density at radius 1 is 1.32 bits per heavy atom. The minimum absolute atomic E-state index is 0.117. The van der Waals surface area contributed by atoms with Crippen LogP contribution in [0, 0.1) is 6.92 Å². The van der Waals surface area contributed by atoms with E-state index < -0.39 is 0 Å². The van der Waals surface area contributed by atoms with Crippen molar-refractivity contribution in [3.8, 4) is 11.5 Å². The number of furan rings is 1. The van der Waals surface area contributed by atoms with Crippen LogP contribution in [-0.4, -0.2) is 23.6 Å². The summed E-state index contributed by atoms with van der Waals surface area (Å²) in [6, 6.07) is 5.84. The largest absolute Gasteiger partial charge is 0.460 e. The third kappa shape index (κ3) is 2.16. The van der Waals surface area contributed by atoms with Crippen LogP contribution < -0.4 is 5.32 Å². The van der Waals surface area contributed by atoms with Crippen molar-refractivity contribution in [2.24, 2.45) is 0 Å². The molecule has 2 aromatic rings. The monoisotopic (exact) mass is 257 g/mol. The Hall–Kier alpha value is -1.68. The van der Waals surface area contributed by atoms with Gasteiger partial charge in [0.1, 0.15) is 17.3 Å². The zero-order valence-electron chi connectivity index (χ0n) is 11.4. The summed E-state index contributed by atoms with van der Waals surface area (Å²) in [6.07, 6.45) is 5.42. The Balaban J connectivity index is 1.95. The van der Waals surface area contributed by atoms with E-state index in [9.17, 15) is 0 Å². The van der Waals surface area contributed by atoms with Gasteiger partial charge in [-0.1, -0.05) is 6.42 Å². The summed E-state index contributed by atoms with van der Waals surface area (Å²) in [5, 5.41) is 3.27. The fourth-order valence-corrected chi connectivity index (χ4v) is 2.75. The highest BCUT2D eigenvalue weighted by molar-refractivity contribution is 5.51. The molecule has 0 unspecified atom stereocenters. The van der Waals surface area contributed by atoms with E-state index in [1.54, 1.807) is 0 Å². The van der Waals surface area contributed by atoms with E-state index in [4.69, 9.17) is 9.40 Å². The van der Waals surface area contributed by atoms with E-state index in [0.29, 0.717) is 0 Å². The molecule has 1 aliphatic carbocycles. The number of aryl methyl sites for hydroxylation is 1. The molecule has 0 atom stereocenters. The molecular weight excluding hydrogens is 238 g/mol. The van der Waals surface area contributed by atoms with Gasteiger partial charge in [0.15, 0.2) is 5.76 Å². The minimum Gasteiger partial charge on any atom is -0.460 e. The van der Waals surface area contributed by atoms with Crippen molar-refractivity contribution in [1.82, 2.24) is 15.3 Å². The lowest BCUT2D eigenvalue weighted by molar-refractivity contribution is 0.224. The van der Waals surface area contributed by atoms with Crippen LogP contribution in [0.5, 0.6) is 0 Å². The maximum atomic E-state index is 5.64. The third-order valence-electron chi connectivity index (χ3n) is 3.95. The van der Waals surface area contributed by atoms with Crippen molar-refractivity contribution in [2.45, 2.75) is 31.6 Å². The van der Waals surface area contributed by atoms with E-state index in [-0.39, 0.29) is 5.41 Å². The van der Waals surface area contributed by atoms with Crippen LogP contribution in [-0.2, 0) is 5.41 Å². The van der Waals surface area contributed by atoms with E-state index in [1.165, 1.54) is 6.42 Å². The molecule has 0 bridgehead atoms. The van der Waals surface area contributed by atoms with Gasteiger partial charge in [0, 0.05) is 18.2 Å². The summed E-state index contributed by atoms with van der Waals surface area (Å²) in [6.45, 7) is 2.88. The lowest BCUT2D eigenvalue weighted by Crippen LogP contribution is -2.44. The first-order valence-electron chi connectivity index (χ1n) is 6.78. The van der Waals surface area contributed by atoms with Crippen LogP contribution in [0.1, 0.15) is 30.8 Å². The molecule has 1 N–H and O–H groups in total. The molecule has 1 fully saturated rings. The molecule has 0 aromatic carbocycles. The lowest BCUT2D eigenvalue weighted by Gasteiger charge is -2.40. The fourth-order valence-electron chi connectivity index (χ4n) is 2.75. The molecule has 3 rings (SSSR count). The number of hydrogen-bond donors (Lipinski definition) is 1. The molecule has 2 heterocycles. The first kappa shape index (κ1) is 12.4.